The van der Waals surface area contributed by atoms with Gasteiger partial charge in [-0.25, -0.2) is 14.8 Å². The first kappa shape index (κ1) is 39.7. The van der Waals surface area contributed by atoms with Gasteiger partial charge in [0, 0.05) is 60.8 Å². The molecule has 59 heavy (non-hydrogen) atoms. The predicted octanol–water partition coefficient (Wildman–Crippen LogP) is 5.33. The van der Waals surface area contributed by atoms with Crippen molar-refractivity contribution in [2.75, 3.05) is 33.4 Å². The number of carbonyl (C=O) groups excluding carboxylic acids is 4. The van der Waals surface area contributed by atoms with E-state index in [9.17, 15) is 19.2 Å². The van der Waals surface area contributed by atoms with E-state index in [0.717, 1.165) is 89.0 Å². The Bertz CT molecular complexity index is 2300. The number of ether oxygens (including phenoxy) is 2. The third-order valence-corrected chi connectivity index (χ3v) is 11.9. The van der Waals surface area contributed by atoms with Crippen molar-refractivity contribution >= 4 is 35.2 Å². The first-order valence-corrected chi connectivity index (χ1v) is 20.4. The van der Waals surface area contributed by atoms with Crippen LogP contribution in [0.2, 0.25) is 0 Å². The maximum absolute atomic E-state index is 13.8. The molecule has 0 radical (unpaired) electrons. The Morgan fingerprint density at radius 1 is 0.797 bits per heavy atom. The molecule has 3 fully saturated rings. The number of H-pyrrole nitrogens is 2. The van der Waals surface area contributed by atoms with Crippen LogP contribution in [0.5, 0.6) is 0 Å². The molecular formula is C43H50N10O6. The number of nitrogens with one attached hydrogen (secondary N) is 4. The van der Waals surface area contributed by atoms with Crippen molar-refractivity contribution in [1.82, 2.24) is 50.3 Å². The molecule has 16 nitrogen and oxygen atoms in total. The second kappa shape index (κ2) is 17.4. The maximum Gasteiger partial charge on any atom is 0.407 e. The highest BCUT2D eigenvalue weighted by Crippen LogP contribution is 2.35. The van der Waals surface area contributed by atoms with Crippen molar-refractivity contribution in [1.29, 1.82) is 0 Å². The standard InChI is InChI=1S/C43H50N10O6/c1-25(2)37(51-43(57)58-3)41(55)52-14-4-6-35(52)39-46-22-33(49-39)29-10-11-31(44-20-29)28-9-8-27-18-30(21-45-32(27)19-28)34-23-47-40(50-34)36-7-5-15-53(36)42(56)38(48-24-54)26-12-16-59-17-13-26/h8-11,18-26,35-38H,4-7,12-17H2,1-3H3,(H,46,49)(H,47,50)(H,48,54)(H,51,57)/t35-,36-,37-,38-/m0/s1. The largest absolute Gasteiger partial charge is 0.453 e. The molecule has 16 heteroatoms. The van der Waals surface area contributed by atoms with Gasteiger partial charge < -0.3 is 39.9 Å². The summed E-state index contributed by atoms with van der Waals surface area (Å²) in [4.78, 5) is 80.2. The second-order valence-corrected chi connectivity index (χ2v) is 15.9. The fraction of sp³-hybridized carbons (Fsp3) is 0.442. The van der Waals surface area contributed by atoms with Gasteiger partial charge in [0.15, 0.2) is 0 Å². The summed E-state index contributed by atoms with van der Waals surface area (Å²) in [6.45, 7) is 6.16. The number of carbonyl (C=O) groups is 4. The lowest BCUT2D eigenvalue weighted by atomic mass is 9.90. The average Bonchev–Trinajstić information content (AvgIpc) is 4.11. The summed E-state index contributed by atoms with van der Waals surface area (Å²) < 4.78 is 10.2. The van der Waals surface area contributed by atoms with Crippen LogP contribution in [0.3, 0.4) is 0 Å². The number of benzene rings is 1. The Balaban J connectivity index is 0.935. The third kappa shape index (κ3) is 8.26. The summed E-state index contributed by atoms with van der Waals surface area (Å²) in [6.07, 6.45) is 11.9. The Labute approximate surface area is 341 Å². The van der Waals surface area contributed by atoms with Crippen LogP contribution in [0, 0.1) is 11.8 Å². The SMILES string of the molecule is COC(=O)N[C@H](C(=O)N1CCC[C@H]1c1ncc(-c2ccc(-c3ccc4cc(-c5cnc([C@@H]6CCCN6C(=O)[C@@H](NC=O)C6CCOCC6)[nH]5)cnc4c3)nc2)[nH]1)C(C)C. The topological polar surface area (TPSA) is 200 Å². The van der Waals surface area contributed by atoms with Gasteiger partial charge in [-0.1, -0.05) is 26.0 Å². The molecular weight excluding hydrogens is 753 g/mol. The number of fused-ring (bicyclic) bond motifs is 1. The van der Waals surface area contributed by atoms with Gasteiger partial charge in [-0.2, -0.15) is 0 Å². The number of aromatic nitrogens is 6. The fourth-order valence-corrected chi connectivity index (χ4v) is 8.68. The molecule has 4 atom stereocenters. The molecule has 5 aromatic rings. The van der Waals surface area contributed by atoms with E-state index in [4.69, 9.17) is 24.4 Å². The van der Waals surface area contributed by atoms with Gasteiger partial charge in [-0.05, 0) is 74.6 Å². The highest BCUT2D eigenvalue weighted by molar-refractivity contribution is 5.88. The summed E-state index contributed by atoms with van der Waals surface area (Å²) in [6, 6.07) is 10.4. The van der Waals surface area contributed by atoms with Crippen molar-refractivity contribution in [2.45, 2.75) is 76.5 Å². The normalized spacial score (nSPS) is 19.5. The molecule has 8 rings (SSSR count). The van der Waals surface area contributed by atoms with Crippen molar-refractivity contribution in [3.8, 4) is 33.8 Å². The van der Waals surface area contributed by atoms with Gasteiger partial charge in [-0.3, -0.25) is 24.4 Å². The molecule has 3 aliphatic rings. The van der Waals surface area contributed by atoms with E-state index in [1.54, 1.807) is 23.5 Å². The fourth-order valence-electron chi connectivity index (χ4n) is 8.68. The minimum Gasteiger partial charge on any atom is -0.453 e. The van der Waals surface area contributed by atoms with Gasteiger partial charge >= 0.3 is 6.09 Å². The van der Waals surface area contributed by atoms with Crippen LogP contribution >= 0.6 is 0 Å². The maximum atomic E-state index is 13.8. The van der Waals surface area contributed by atoms with E-state index in [1.807, 2.05) is 55.3 Å². The Morgan fingerprint density at radius 3 is 2.07 bits per heavy atom. The molecule has 0 aliphatic carbocycles. The molecule has 7 heterocycles. The number of imidazole rings is 2. The minimum atomic E-state index is -0.700. The number of methoxy groups -OCH3 is 1. The lowest BCUT2D eigenvalue weighted by Gasteiger charge is -2.33. The number of nitrogens with zero attached hydrogens (tertiary/aromatic N) is 6. The van der Waals surface area contributed by atoms with Gasteiger partial charge in [-0.15, -0.1) is 0 Å². The average molecular weight is 803 g/mol. The van der Waals surface area contributed by atoms with Crippen molar-refractivity contribution in [3.05, 3.63) is 72.8 Å². The highest BCUT2D eigenvalue weighted by Gasteiger charge is 2.40. The number of likely N-dealkylation sites (tertiary alicyclic amines) is 2. The molecule has 0 bridgehead atoms. The quantitative estimate of drug-likeness (QED) is 0.120. The number of aromatic amines is 2. The molecule has 4 N–H and O–H groups in total. The van der Waals surface area contributed by atoms with Crippen LogP contribution in [0.4, 0.5) is 4.79 Å². The summed E-state index contributed by atoms with van der Waals surface area (Å²) >= 11 is 0. The minimum absolute atomic E-state index is 0.0447. The molecule has 3 aliphatic heterocycles. The highest BCUT2D eigenvalue weighted by atomic mass is 16.5. The van der Waals surface area contributed by atoms with Gasteiger partial charge in [0.2, 0.25) is 18.2 Å². The van der Waals surface area contributed by atoms with Gasteiger partial charge in [0.1, 0.15) is 23.7 Å². The third-order valence-electron chi connectivity index (χ3n) is 11.9. The van der Waals surface area contributed by atoms with Crippen LogP contribution in [0.25, 0.3) is 44.7 Å². The molecule has 0 saturated carbocycles. The van der Waals surface area contributed by atoms with Gasteiger partial charge in [0.25, 0.3) is 0 Å². The molecule has 0 spiro atoms. The number of amides is 4. The first-order valence-electron chi connectivity index (χ1n) is 20.4. The Kier molecular flexibility index (Phi) is 11.7. The molecule has 4 aromatic heterocycles. The van der Waals surface area contributed by atoms with E-state index in [-0.39, 0.29) is 35.7 Å². The van der Waals surface area contributed by atoms with Gasteiger partial charge in [0.05, 0.1) is 54.2 Å². The molecule has 4 amide bonds. The molecule has 0 unspecified atom stereocenters. The number of hydrogen-bond donors (Lipinski definition) is 4. The molecule has 1 aromatic carbocycles. The van der Waals surface area contributed by atoms with E-state index in [2.05, 4.69) is 31.7 Å². The van der Waals surface area contributed by atoms with Crippen molar-refractivity contribution < 1.29 is 28.7 Å². The summed E-state index contributed by atoms with van der Waals surface area (Å²) in [7, 11) is 1.29. The van der Waals surface area contributed by atoms with Crippen molar-refractivity contribution in [3.63, 3.8) is 0 Å². The molecule has 308 valence electrons. The zero-order valence-corrected chi connectivity index (χ0v) is 33.5. The van der Waals surface area contributed by atoms with Crippen LogP contribution in [-0.2, 0) is 23.9 Å². The number of alkyl carbamates (subject to hydrolysis) is 1. The summed E-state index contributed by atoms with van der Waals surface area (Å²) in [5.74, 6) is 1.12. The smallest absolute Gasteiger partial charge is 0.407 e. The lowest BCUT2D eigenvalue weighted by Crippen LogP contribution is -2.51. The van der Waals surface area contributed by atoms with E-state index in [1.165, 1.54) is 7.11 Å². The zero-order chi connectivity index (χ0) is 41.0. The Morgan fingerprint density at radius 2 is 1.44 bits per heavy atom. The first-order chi connectivity index (χ1) is 28.7. The lowest BCUT2D eigenvalue weighted by molar-refractivity contribution is -0.138. The van der Waals surface area contributed by atoms with E-state index < -0.39 is 18.2 Å². The van der Waals surface area contributed by atoms with Crippen LogP contribution in [0.1, 0.15) is 76.1 Å². The van der Waals surface area contributed by atoms with Crippen LogP contribution in [0.15, 0.2) is 61.2 Å². The van der Waals surface area contributed by atoms with E-state index in [0.29, 0.717) is 38.5 Å². The van der Waals surface area contributed by atoms with E-state index >= 15 is 0 Å². The monoisotopic (exact) mass is 802 g/mol. The molecule has 3 saturated heterocycles. The number of rotatable bonds is 12. The number of pyridine rings is 2. The second-order valence-electron chi connectivity index (χ2n) is 15.9. The predicted molar refractivity (Wildman–Crippen MR) is 218 cm³/mol. The van der Waals surface area contributed by atoms with Crippen molar-refractivity contribution in [2.24, 2.45) is 11.8 Å². The van der Waals surface area contributed by atoms with Crippen LogP contribution < -0.4 is 10.6 Å². The Hall–Kier alpha value is -6.16. The summed E-state index contributed by atoms with van der Waals surface area (Å²) in [5, 5.41) is 6.45. The zero-order valence-electron chi connectivity index (χ0n) is 33.5. The number of hydrogen-bond acceptors (Lipinski definition) is 10. The summed E-state index contributed by atoms with van der Waals surface area (Å²) in [5.41, 5.74) is 5.89. The van der Waals surface area contributed by atoms with Crippen LogP contribution in [-0.4, -0.2) is 110 Å².